The molecule has 0 aliphatic carbocycles. The molecule has 0 aliphatic rings. The average molecular weight is 344 g/mol. The number of ketones is 1. The van der Waals surface area contributed by atoms with Crippen molar-refractivity contribution in [1.82, 2.24) is 0 Å². The molecule has 0 bridgehead atoms. The molecule has 1 aromatic heterocycles. The van der Waals surface area contributed by atoms with Crippen molar-refractivity contribution in [1.29, 1.82) is 0 Å². The maximum Gasteiger partial charge on any atom is 0.230 e. The molecule has 0 aliphatic heterocycles. The van der Waals surface area contributed by atoms with Gasteiger partial charge in [0.05, 0.1) is 10.6 Å². The Morgan fingerprint density at radius 1 is 1.28 bits per heavy atom. The van der Waals surface area contributed by atoms with Gasteiger partial charge in [0.2, 0.25) is 5.78 Å². The van der Waals surface area contributed by atoms with Crippen molar-refractivity contribution in [2.75, 3.05) is 5.43 Å². The van der Waals surface area contributed by atoms with E-state index < -0.39 is 0 Å². The highest BCUT2D eigenvalue weighted by atomic mass is 79.9. The van der Waals surface area contributed by atoms with Crippen LogP contribution in [0.15, 0.2) is 46.9 Å². The van der Waals surface area contributed by atoms with Crippen molar-refractivity contribution in [3.05, 3.63) is 51.7 Å². The number of carbonyl (C=O) groups excluding carboxylic acids is 1. The Morgan fingerprint density at radius 3 is 2.61 bits per heavy atom. The van der Waals surface area contributed by atoms with E-state index in [9.17, 15) is 4.79 Å². The SMILES string of the molecule is O=C(/C(Br)=N/Nc1ccc(Cl)cc1)c1cccs1. The van der Waals surface area contributed by atoms with E-state index >= 15 is 0 Å². The minimum atomic E-state index is -0.147. The van der Waals surface area contributed by atoms with Gasteiger partial charge < -0.3 is 0 Å². The van der Waals surface area contributed by atoms with Gasteiger partial charge in [-0.2, -0.15) is 5.10 Å². The lowest BCUT2D eigenvalue weighted by Crippen LogP contribution is -2.07. The monoisotopic (exact) mass is 342 g/mol. The summed E-state index contributed by atoms with van der Waals surface area (Å²) in [6.45, 7) is 0. The molecule has 1 aromatic carbocycles. The van der Waals surface area contributed by atoms with E-state index in [0.29, 0.717) is 9.90 Å². The molecule has 6 heteroatoms. The largest absolute Gasteiger partial charge is 0.285 e. The van der Waals surface area contributed by atoms with Gasteiger partial charge in [-0.25, -0.2) is 0 Å². The van der Waals surface area contributed by atoms with E-state index in [-0.39, 0.29) is 10.4 Å². The number of thiophene rings is 1. The third-order valence-corrected chi connectivity index (χ3v) is 3.72. The Kier molecular flexibility index (Phi) is 4.52. The van der Waals surface area contributed by atoms with Crippen LogP contribution >= 0.6 is 38.9 Å². The van der Waals surface area contributed by atoms with Crippen LogP contribution in [0.2, 0.25) is 5.02 Å². The second kappa shape index (κ2) is 6.13. The number of halogens is 2. The predicted octanol–water partition coefficient (Wildman–Crippen LogP) is 4.40. The lowest BCUT2D eigenvalue weighted by molar-refractivity contribution is 0.107. The molecule has 0 saturated carbocycles. The van der Waals surface area contributed by atoms with Crippen LogP contribution in [0.1, 0.15) is 9.67 Å². The Hall–Kier alpha value is -1.17. The number of Topliss-reactive ketones (excluding diaryl/α,β-unsaturated/α-hetero) is 1. The number of rotatable bonds is 4. The molecule has 18 heavy (non-hydrogen) atoms. The minimum absolute atomic E-state index is 0.147. The summed E-state index contributed by atoms with van der Waals surface area (Å²) in [4.78, 5) is 12.5. The van der Waals surface area contributed by atoms with Crippen LogP contribution in [-0.2, 0) is 0 Å². The van der Waals surface area contributed by atoms with Crippen molar-refractivity contribution in [3.8, 4) is 0 Å². The molecule has 3 nitrogen and oxygen atoms in total. The van der Waals surface area contributed by atoms with E-state index in [1.165, 1.54) is 11.3 Å². The number of hydrogen-bond acceptors (Lipinski definition) is 4. The molecule has 0 unspecified atom stereocenters. The van der Waals surface area contributed by atoms with Crippen molar-refractivity contribution < 1.29 is 4.79 Å². The number of hydrazone groups is 1. The first-order valence-corrected chi connectivity index (χ1v) is 7.05. The number of carbonyl (C=O) groups is 1. The second-order valence-electron chi connectivity index (χ2n) is 3.33. The number of benzene rings is 1. The zero-order valence-corrected chi connectivity index (χ0v) is 12.2. The maximum atomic E-state index is 11.9. The van der Waals surface area contributed by atoms with Crippen LogP contribution < -0.4 is 5.43 Å². The Labute approximate surface area is 122 Å². The third kappa shape index (κ3) is 3.41. The Balaban J connectivity index is 2.05. The normalized spacial score (nSPS) is 11.3. The third-order valence-electron chi connectivity index (χ3n) is 2.06. The van der Waals surface area contributed by atoms with Gasteiger partial charge in [0.15, 0.2) is 4.62 Å². The van der Waals surface area contributed by atoms with Crippen LogP contribution in [0, 0.1) is 0 Å². The summed E-state index contributed by atoms with van der Waals surface area (Å²) in [6, 6.07) is 10.6. The molecule has 1 heterocycles. The van der Waals surface area contributed by atoms with E-state index in [1.807, 2.05) is 11.4 Å². The number of hydrogen-bond donors (Lipinski definition) is 1. The topological polar surface area (TPSA) is 41.5 Å². The van der Waals surface area contributed by atoms with Gasteiger partial charge in [0.25, 0.3) is 0 Å². The number of nitrogens with one attached hydrogen (secondary N) is 1. The summed E-state index contributed by atoms with van der Waals surface area (Å²) in [5, 5.41) is 6.48. The zero-order valence-electron chi connectivity index (χ0n) is 9.06. The van der Waals surface area contributed by atoms with Crippen molar-refractivity contribution in [2.24, 2.45) is 5.10 Å². The highest BCUT2D eigenvalue weighted by molar-refractivity contribution is 9.19. The van der Waals surface area contributed by atoms with Gasteiger partial charge in [-0.3, -0.25) is 10.2 Å². The van der Waals surface area contributed by atoms with Crippen LogP contribution in [0.4, 0.5) is 5.69 Å². The lowest BCUT2D eigenvalue weighted by Gasteiger charge is -2.01. The first kappa shape index (κ1) is 13.3. The van der Waals surface area contributed by atoms with Crippen molar-refractivity contribution in [3.63, 3.8) is 0 Å². The zero-order chi connectivity index (χ0) is 13.0. The molecule has 2 rings (SSSR count). The van der Waals surface area contributed by atoms with Gasteiger partial charge in [0, 0.05) is 5.02 Å². The number of nitrogens with zero attached hydrogens (tertiary/aromatic N) is 1. The molecule has 92 valence electrons. The summed E-state index contributed by atoms with van der Waals surface area (Å²) in [5.41, 5.74) is 3.54. The van der Waals surface area contributed by atoms with E-state index in [1.54, 1.807) is 30.3 Å². The molecule has 0 fully saturated rings. The second-order valence-corrected chi connectivity index (χ2v) is 5.46. The molecular formula is C12H8BrClN2OS. The summed E-state index contributed by atoms with van der Waals surface area (Å²) in [5.74, 6) is -0.147. The smallest absolute Gasteiger partial charge is 0.230 e. The highest BCUT2D eigenvalue weighted by Crippen LogP contribution is 2.15. The van der Waals surface area contributed by atoms with E-state index in [2.05, 4.69) is 26.5 Å². The van der Waals surface area contributed by atoms with Crippen molar-refractivity contribution >= 4 is 55.0 Å². The van der Waals surface area contributed by atoms with Gasteiger partial charge in [0.1, 0.15) is 0 Å². The van der Waals surface area contributed by atoms with Gasteiger partial charge in [-0.15, -0.1) is 11.3 Å². The molecule has 0 spiro atoms. The summed E-state index contributed by atoms with van der Waals surface area (Å²) >= 11 is 10.3. The average Bonchev–Trinajstić information content (AvgIpc) is 2.90. The van der Waals surface area contributed by atoms with Crippen molar-refractivity contribution in [2.45, 2.75) is 0 Å². The molecule has 0 amide bonds. The van der Waals surface area contributed by atoms with Gasteiger partial charge >= 0.3 is 0 Å². The van der Waals surface area contributed by atoms with E-state index in [4.69, 9.17) is 11.6 Å². The maximum absolute atomic E-state index is 11.9. The summed E-state index contributed by atoms with van der Waals surface area (Å²) in [7, 11) is 0. The summed E-state index contributed by atoms with van der Waals surface area (Å²) < 4.78 is 0.236. The highest BCUT2D eigenvalue weighted by Gasteiger charge is 2.11. The van der Waals surface area contributed by atoms with Crippen LogP contribution in [0.3, 0.4) is 0 Å². The molecule has 2 aromatic rings. The first-order valence-electron chi connectivity index (χ1n) is 5.00. The quantitative estimate of drug-likeness (QED) is 0.508. The minimum Gasteiger partial charge on any atom is -0.285 e. The Morgan fingerprint density at radius 2 is 2.00 bits per heavy atom. The molecule has 0 saturated heterocycles. The standard InChI is InChI=1S/C12H8BrClN2OS/c13-12(11(17)10-2-1-7-18-10)16-15-9-5-3-8(14)4-6-9/h1-7,15H/b16-12-. The fourth-order valence-corrected chi connectivity index (χ4v) is 2.42. The van der Waals surface area contributed by atoms with Crippen LogP contribution in [0.25, 0.3) is 0 Å². The molecule has 0 radical (unpaired) electrons. The van der Waals surface area contributed by atoms with Crippen LogP contribution in [0.5, 0.6) is 0 Å². The summed E-state index contributed by atoms with van der Waals surface area (Å²) in [6.07, 6.45) is 0. The fourth-order valence-electron chi connectivity index (χ4n) is 1.20. The fraction of sp³-hybridized carbons (Fsp3) is 0. The molecule has 0 atom stereocenters. The predicted molar refractivity (Wildman–Crippen MR) is 80.1 cm³/mol. The number of anilines is 1. The molecular weight excluding hydrogens is 336 g/mol. The lowest BCUT2D eigenvalue weighted by atomic mass is 10.3. The van der Waals surface area contributed by atoms with Gasteiger partial charge in [-0.1, -0.05) is 17.7 Å². The van der Waals surface area contributed by atoms with Gasteiger partial charge in [-0.05, 0) is 51.6 Å². The van der Waals surface area contributed by atoms with Crippen LogP contribution in [-0.4, -0.2) is 10.4 Å². The molecule has 1 N–H and O–H groups in total. The van der Waals surface area contributed by atoms with E-state index in [0.717, 1.165) is 5.69 Å². The Bertz CT molecular complexity index is 566. The first-order chi connectivity index (χ1) is 8.66.